The fourth-order valence-corrected chi connectivity index (χ4v) is 2.19. The van der Waals surface area contributed by atoms with Gasteiger partial charge in [0.2, 0.25) is 0 Å². The summed E-state index contributed by atoms with van der Waals surface area (Å²) in [5.41, 5.74) is 0. The standard InChI is InChI=1S/C16H33.4K.H3O4P/c1-3-5-7-9-11-13-15-16-14-12-10-8-6-4-2;;;;;1-5(2,3)4/h1,3-16H2,2H3;;;;;(H3,1,2,3,4)/q-1;4*+1;/p-3. The third-order valence-electron chi connectivity index (χ3n) is 3.35. The summed E-state index contributed by atoms with van der Waals surface area (Å²) in [7, 11) is -5.39. The Bertz CT molecular complexity index is 222. The second-order valence-corrected chi connectivity index (χ2v) is 6.44. The van der Waals surface area contributed by atoms with Crippen molar-refractivity contribution in [1.29, 1.82) is 0 Å². The topological polar surface area (TPSA) is 86.2 Å². The van der Waals surface area contributed by atoms with Gasteiger partial charge in [0.15, 0.2) is 0 Å². The number of hydrogen-bond donors (Lipinski definition) is 0. The van der Waals surface area contributed by atoms with Crippen LogP contribution in [0.4, 0.5) is 0 Å². The zero-order valence-electron chi connectivity index (χ0n) is 17.7. The molecule has 0 saturated heterocycles. The van der Waals surface area contributed by atoms with Crippen LogP contribution in [0.25, 0.3) is 0 Å². The van der Waals surface area contributed by atoms with Crippen LogP contribution >= 0.6 is 7.82 Å². The van der Waals surface area contributed by atoms with Gasteiger partial charge in [-0.1, -0.05) is 90.4 Å². The van der Waals surface area contributed by atoms with Crippen molar-refractivity contribution in [2.75, 3.05) is 0 Å². The van der Waals surface area contributed by atoms with E-state index < -0.39 is 7.82 Å². The molecule has 0 radical (unpaired) electrons. The van der Waals surface area contributed by atoms with E-state index in [0.717, 1.165) is 6.42 Å². The average Bonchev–Trinajstić information content (AvgIpc) is 2.38. The Labute approximate surface area is 327 Å². The fraction of sp³-hybridized carbons (Fsp3) is 0.938. The monoisotopic (exact) mass is 476 g/mol. The molecule has 25 heavy (non-hydrogen) atoms. The number of unbranched alkanes of at least 4 members (excludes halogenated alkanes) is 13. The number of phosphoric acid groups is 1. The molecule has 9 heteroatoms. The molecule has 0 aliphatic rings. The van der Waals surface area contributed by atoms with E-state index in [2.05, 4.69) is 13.8 Å². The Morgan fingerprint density at radius 2 is 0.800 bits per heavy atom. The zero-order chi connectivity index (χ0) is 16.4. The van der Waals surface area contributed by atoms with Crippen molar-refractivity contribution < 1.29 is 225 Å². The van der Waals surface area contributed by atoms with Crippen LogP contribution in [0.1, 0.15) is 96.8 Å². The van der Waals surface area contributed by atoms with E-state index in [-0.39, 0.29) is 206 Å². The van der Waals surface area contributed by atoms with Gasteiger partial charge in [-0.25, -0.2) is 0 Å². The van der Waals surface area contributed by atoms with Gasteiger partial charge in [0.25, 0.3) is 0 Å². The first-order valence-corrected chi connectivity index (χ1v) is 9.90. The molecule has 130 valence electrons. The van der Waals surface area contributed by atoms with E-state index in [0.29, 0.717) is 0 Å². The molecular formula is C16H33K4O4P. The minimum Gasteiger partial charge on any atom is -0.822 e. The van der Waals surface area contributed by atoms with Crippen LogP contribution < -0.4 is 220 Å². The molecule has 0 aliphatic carbocycles. The maximum Gasteiger partial charge on any atom is 1.00 e. The predicted octanol–water partition coefficient (Wildman–Crippen LogP) is -8.51. The molecule has 0 spiro atoms. The molecule has 0 aromatic carbocycles. The SMILES string of the molecule is O=P([O-])([O-])[O-].[CH2-]CCCCCCCCCCCCCCC.[K+].[K+].[K+].[K+]. The van der Waals surface area contributed by atoms with Crippen LogP contribution in [0.15, 0.2) is 0 Å². The molecule has 0 saturated carbocycles. The quantitative estimate of drug-likeness (QED) is 0.114. The molecule has 0 atom stereocenters. The molecule has 0 unspecified atom stereocenters. The second kappa shape index (κ2) is 37.9. The second-order valence-electron chi connectivity index (χ2n) is 5.54. The van der Waals surface area contributed by atoms with Crippen molar-refractivity contribution in [3.8, 4) is 0 Å². The molecule has 0 aromatic heterocycles. The van der Waals surface area contributed by atoms with E-state index >= 15 is 0 Å². The number of hydrogen-bond acceptors (Lipinski definition) is 4. The van der Waals surface area contributed by atoms with E-state index in [9.17, 15) is 0 Å². The number of rotatable bonds is 13. The molecule has 0 N–H and O–H groups in total. The molecule has 0 amide bonds. The smallest absolute Gasteiger partial charge is 0.822 e. The molecule has 0 bridgehead atoms. The van der Waals surface area contributed by atoms with Gasteiger partial charge in [0, 0.05) is 0 Å². The van der Waals surface area contributed by atoms with Crippen molar-refractivity contribution >= 4 is 7.82 Å². The first-order valence-electron chi connectivity index (χ1n) is 8.44. The van der Waals surface area contributed by atoms with Crippen LogP contribution in [-0.2, 0) is 4.57 Å². The van der Waals surface area contributed by atoms with Gasteiger partial charge in [-0.15, -0.1) is 0 Å². The first-order chi connectivity index (χ1) is 9.91. The van der Waals surface area contributed by atoms with Crippen LogP contribution in [0.3, 0.4) is 0 Å². The van der Waals surface area contributed by atoms with E-state index in [4.69, 9.17) is 19.2 Å². The van der Waals surface area contributed by atoms with Crippen LogP contribution in [0.2, 0.25) is 0 Å². The summed E-state index contributed by atoms with van der Waals surface area (Å²) >= 11 is 0. The largest absolute Gasteiger partial charge is 1.00 e. The Hall–Kier alpha value is 6.66. The van der Waals surface area contributed by atoms with Gasteiger partial charge in [-0.05, 0) is 0 Å². The Kier molecular flexibility index (Phi) is 68.6. The maximum atomic E-state index is 8.55. The zero-order valence-corrected chi connectivity index (χ0v) is 31.1. The molecule has 0 fully saturated rings. The molecular weight excluding hydrogens is 444 g/mol. The Balaban J connectivity index is -0.0000000887. The maximum absolute atomic E-state index is 8.55. The molecule has 0 aromatic rings. The van der Waals surface area contributed by atoms with Gasteiger partial charge < -0.3 is 26.2 Å². The summed E-state index contributed by atoms with van der Waals surface area (Å²) in [6.07, 6.45) is 19.8. The van der Waals surface area contributed by atoms with Gasteiger partial charge in [0.1, 0.15) is 0 Å². The van der Waals surface area contributed by atoms with E-state index in [1.165, 1.54) is 83.5 Å². The third-order valence-corrected chi connectivity index (χ3v) is 3.35. The van der Waals surface area contributed by atoms with Gasteiger partial charge >= 0.3 is 206 Å². The molecule has 4 nitrogen and oxygen atoms in total. The predicted molar refractivity (Wildman–Crippen MR) is 83.3 cm³/mol. The minimum atomic E-state index is -5.39. The van der Waals surface area contributed by atoms with Crippen molar-refractivity contribution in [3.05, 3.63) is 6.92 Å². The van der Waals surface area contributed by atoms with Crippen LogP contribution in [0.5, 0.6) is 0 Å². The molecule has 0 rings (SSSR count). The van der Waals surface area contributed by atoms with Gasteiger partial charge in [0.05, 0.1) is 0 Å². The van der Waals surface area contributed by atoms with Crippen LogP contribution in [0, 0.1) is 6.92 Å². The fourth-order valence-electron chi connectivity index (χ4n) is 2.19. The third kappa shape index (κ3) is 65.2. The summed E-state index contributed by atoms with van der Waals surface area (Å²) in [6.45, 7) is 6.16. The first kappa shape index (κ1) is 45.2. The summed E-state index contributed by atoms with van der Waals surface area (Å²) in [5.74, 6) is 0. The van der Waals surface area contributed by atoms with Crippen molar-refractivity contribution in [2.45, 2.75) is 96.8 Å². The van der Waals surface area contributed by atoms with Crippen molar-refractivity contribution in [2.24, 2.45) is 0 Å². The summed E-state index contributed by atoms with van der Waals surface area (Å²) in [4.78, 5) is 25.6. The normalized spacial score (nSPS) is 9.32. The Morgan fingerprint density at radius 1 is 0.600 bits per heavy atom. The van der Waals surface area contributed by atoms with Crippen molar-refractivity contribution in [1.82, 2.24) is 0 Å². The average molecular weight is 477 g/mol. The molecule has 0 heterocycles. The van der Waals surface area contributed by atoms with Gasteiger partial charge in [-0.2, -0.15) is 14.2 Å². The van der Waals surface area contributed by atoms with E-state index in [1.54, 1.807) is 0 Å². The van der Waals surface area contributed by atoms with Crippen LogP contribution in [-0.4, -0.2) is 0 Å². The minimum absolute atomic E-state index is 0. The Morgan fingerprint density at radius 3 is 1.00 bits per heavy atom. The molecule has 0 aliphatic heterocycles. The van der Waals surface area contributed by atoms with Crippen molar-refractivity contribution in [3.63, 3.8) is 0 Å². The summed E-state index contributed by atoms with van der Waals surface area (Å²) in [5, 5.41) is 0. The summed E-state index contributed by atoms with van der Waals surface area (Å²) < 4.78 is 8.55. The van der Waals surface area contributed by atoms with Gasteiger partial charge in [-0.3, -0.25) is 0 Å². The summed E-state index contributed by atoms with van der Waals surface area (Å²) in [6, 6.07) is 0. The van der Waals surface area contributed by atoms with E-state index in [1.807, 2.05) is 0 Å².